The third-order valence-corrected chi connectivity index (χ3v) is 5.33. The quantitative estimate of drug-likeness (QED) is 0.425. The van der Waals surface area contributed by atoms with Crippen LogP contribution in [0.4, 0.5) is 4.39 Å². The molecule has 0 aliphatic heterocycles. The third kappa shape index (κ3) is 4.39. The molecular formula is C26H23FN2O3. The normalized spacial score (nSPS) is 10.8. The number of fused-ring (bicyclic) bond motifs is 1. The minimum atomic E-state index is -0.565. The van der Waals surface area contributed by atoms with Gasteiger partial charge in [0, 0.05) is 23.7 Å². The second-order valence-corrected chi connectivity index (χ2v) is 7.50. The van der Waals surface area contributed by atoms with Crippen LogP contribution in [0.5, 0.6) is 17.2 Å². The Morgan fingerprint density at radius 1 is 0.969 bits per heavy atom. The average Bonchev–Trinajstić information content (AvgIpc) is 2.79. The van der Waals surface area contributed by atoms with Crippen LogP contribution in [-0.4, -0.2) is 18.0 Å². The van der Waals surface area contributed by atoms with Crippen molar-refractivity contribution in [3.63, 3.8) is 0 Å². The summed E-state index contributed by atoms with van der Waals surface area (Å²) in [6.45, 7) is 4.29. The molecule has 0 atom stereocenters. The van der Waals surface area contributed by atoms with E-state index in [1.54, 1.807) is 19.4 Å². The number of methoxy groups -OCH3 is 1. The smallest absolute Gasteiger partial charge is 0.251 e. The number of carbonyl (C=O) groups excluding carboxylic acids is 1. The summed E-state index contributed by atoms with van der Waals surface area (Å²) in [7, 11) is 1.59. The molecule has 1 N–H and O–H groups in total. The van der Waals surface area contributed by atoms with Crippen LogP contribution in [0, 0.1) is 19.7 Å². The number of carbonyl (C=O) groups is 1. The van der Waals surface area contributed by atoms with Gasteiger partial charge in [-0.05, 0) is 66.9 Å². The molecule has 0 fully saturated rings. The molecule has 0 unspecified atom stereocenters. The zero-order valence-electron chi connectivity index (χ0n) is 18.1. The molecule has 4 rings (SSSR count). The predicted octanol–water partition coefficient (Wildman–Crippen LogP) is 5.72. The number of aryl methyl sites for hydroxylation is 2. The van der Waals surface area contributed by atoms with E-state index in [4.69, 9.17) is 9.47 Å². The largest absolute Gasteiger partial charge is 0.496 e. The van der Waals surface area contributed by atoms with E-state index in [0.29, 0.717) is 34.5 Å². The molecule has 0 saturated heterocycles. The van der Waals surface area contributed by atoms with E-state index >= 15 is 0 Å². The average molecular weight is 430 g/mol. The minimum absolute atomic E-state index is 0.0411. The number of halogens is 1. The lowest BCUT2D eigenvalue weighted by Crippen LogP contribution is -2.23. The van der Waals surface area contributed by atoms with E-state index in [0.717, 1.165) is 16.7 Å². The van der Waals surface area contributed by atoms with Gasteiger partial charge in [0.2, 0.25) is 0 Å². The highest BCUT2D eigenvalue weighted by Crippen LogP contribution is 2.34. The van der Waals surface area contributed by atoms with Gasteiger partial charge in [-0.3, -0.25) is 9.78 Å². The Labute approximate surface area is 185 Å². The molecular weight excluding hydrogens is 407 g/mol. The van der Waals surface area contributed by atoms with Crippen LogP contribution in [0.25, 0.3) is 10.9 Å². The molecule has 1 heterocycles. The van der Waals surface area contributed by atoms with Gasteiger partial charge in [0.1, 0.15) is 11.5 Å². The Kier molecular flexibility index (Phi) is 6.03. The van der Waals surface area contributed by atoms with Crippen LogP contribution < -0.4 is 14.8 Å². The molecule has 3 aromatic carbocycles. The Morgan fingerprint density at radius 3 is 2.56 bits per heavy atom. The summed E-state index contributed by atoms with van der Waals surface area (Å²) >= 11 is 0. The molecule has 0 radical (unpaired) electrons. The van der Waals surface area contributed by atoms with Gasteiger partial charge in [0.25, 0.3) is 5.91 Å². The number of benzene rings is 3. The SMILES string of the molecule is COc1cc2c(Oc3cc(C(=O)NCc4ccccc4C)ccc3F)ccnc2cc1C. The van der Waals surface area contributed by atoms with Gasteiger partial charge >= 0.3 is 0 Å². The Hall–Kier alpha value is -3.93. The number of hydrogen-bond acceptors (Lipinski definition) is 4. The number of ether oxygens (including phenoxy) is 2. The predicted molar refractivity (Wildman–Crippen MR) is 122 cm³/mol. The van der Waals surface area contributed by atoms with Crippen molar-refractivity contribution in [3.05, 3.63) is 94.9 Å². The lowest BCUT2D eigenvalue weighted by atomic mass is 10.1. The third-order valence-electron chi connectivity index (χ3n) is 5.33. The van der Waals surface area contributed by atoms with Gasteiger partial charge in [-0.1, -0.05) is 24.3 Å². The molecule has 0 aliphatic carbocycles. The maximum Gasteiger partial charge on any atom is 0.251 e. The number of amides is 1. The van der Waals surface area contributed by atoms with Crippen LogP contribution in [0.1, 0.15) is 27.0 Å². The van der Waals surface area contributed by atoms with Crippen molar-refractivity contribution in [2.75, 3.05) is 7.11 Å². The summed E-state index contributed by atoms with van der Waals surface area (Å²) in [6, 6.07) is 17.2. The van der Waals surface area contributed by atoms with E-state index in [1.165, 1.54) is 18.2 Å². The lowest BCUT2D eigenvalue weighted by Gasteiger charge is -2.13. The Balaban J connectivity index is 1.59. The molecule has 0 aliphatic rings. The van der Waals surface area contributed by atoms with E-state index in [-0.39, 0.29) is 11.7 Å². The highest BCUT2D eigenvalue weighted by Gasteiger charge is 2.14. The summed E-state index contributed by atoms with van der Waals surface area (Å²) in [5, 5.41) is 3.56. The second kappa shape index (κ2) is 9.06. The monoisotopic (exact) mass is 430 g/mol. The maximum absolute atomic E-state index is 14.5. The number of hydrogen-bond donors (Lipinski definition) is 1. The molecule has 162 valence electrons. The number of rotatable bonds is 6. The standard InChI is InChI=1S/C26H23FN2O3/c1-16-6-4-5-7-19(16)15-29-26(30)18-8-9-21(27)25(13-18)32-23-10-11-28-22-12-17(2)24(31-3)14-20(22)23/h4-14H,15H2,1-3H3,(H,29,30). The molecule has 5 nitrogen and oxygen atoms in total. The Morgan fingerprint density at radius 2 is 1.78 bits per heavy atom. The zero-order valence-corrected chi connectivity index (χ0v) is 18.1. The molecule has 32 heavy (non-hydrogen) atoms. The van der Waals surface area contributed by atoms with E-state index in [2.05, 4.69) is 10.3 Å². The molecule has 0 spiro atoms. The number of nitrogens with one attached hydrogen (secondary N) is 1. The first-order chi connectivity index (χ1) is 15.5. The summed E-state index contributed by atoms with van der Waals surface area (Å²) in [6.07, 6.45) is 1.60. The van der Waals surface area contributed by atoms with Crippen LogP contribution in [-0.2, 0) is 6.54 Å². The van der Waals surface area contributed by atoms with Crippen LogP contribution in [0.3, 0.4) is 0 Å². The van der Waals surface area contributed by atoms with Crippen molar-refractivity contribution in [1.82, 2.24) is 10.3 Å². The van der Waals surface area contributed by atoms with Gasteiger partial charge in [-0.15, -0.1) is 0 Å². The fourth-order valence-electron chi connectivity index (χ4n) is 3.49. The van der Waals surface area contributed by atoms with Crippen molar-refractivity contribution >= 4 is 16.8 Å². The van der Waals surface area contributed by atoms with E-state index in [1.807, 2.05) is 50.2 Å². The van der Waals surface area contributed by atoms with Gasteiger partial charge in [-0.2, -0.15) is 0 Å². The van der Waals surface area contributed by atoms with Crippen LogP contribution in [0.2, 0.25) is 0 Å². The summed E-state index contributed by atoms with van der Waals surface area (Å²) < 4.78 is 25.8. The van der Waals surface area contributed by atoms with Gasteiger partial charge in [0.15, 0.2) is 11.6 Å². The summed E-state index contributed by atoms with van der Waals surface area (Å²) in [4.78, 5) is 17.0. The highest BCUT2D eigenvalue weighted by molar-refractivity contribution is 5.94. The molecule has 1 amide bonds. The van der Waals surface area contributed by atoms with Gasteiger partial charge in [0.05, 0.1) is 12.6 Å². The van der Waals surface area contributed by atoms with Crippen molar-refractivity contribution in [1.29, 1.82) is 0 Å². The summed E-state index contributed by atoms with van der Waals surface area (Å²) in [5.41, 5.74) is 4.05. The van der Waals surface area contributed by atoms with Crippen LogP contribution >= 0.6 is 0 Å². The molecule has 0 bridgehead atoms. The fraction of sp³-hybridized carbons (Fsp3) is 0.154. The van der Waals surface area contributed by atoms with E-state index in [9.17, 15) is 9.18 Å². The minimum Gasteiger partial charge on any atom is -0.496 e. The summed E-state index contributed by atoms with van der Waals surface area (Å²) in [5.74, 6) is 0.185. The van der Waals surface area contributed by atoms with E-state index < -0.39 is 5.82 Å². The number of aromatic nitrogens is 1. The maximum atomic E-state index is 14.5. The molecule has 4 aromatic rings. The molecule has 0 saturated carbocycles. The van der Waals surface area contributed by atoms with Crippen molar-refractivity contribution in [2.24, 2.45) is 0 Å². The van der Waals surface area contributed by atoms with Crippen molar-refractivity contribution < 1.29 is 18.7 Å². The first-order valence-electron chi connectivity index (χ1n) is 10.2. The number of pyridine rings is 1. The van der Waals surface area contributed by atoms with Crippen molar-refractivity contribution in [3.8, 4) is 17.2 Å². The highest BCUT2D eigenvalue weighted by atomic mass is 19.1. The Bertz CT molecular complexity index is 1300. The van der Waals surface area contributed by atoms with Crippen LogP contribution in [0.15, 0.2) is 66.9 Å². The molecule has 1 aromatic heterocycles. The lowest BCUT2D eigenvalue weighted by molar-refractivity contribution is 0.0950. The van der Waals surface area contributed by atoms with Gasteiger partial charge < -0.3 is 14.8 Å². The first kappa shape index (κ1) is 21.3. The first-order valence-corrected chi connectivity index (χ1v) is 10.2. The fourth-order valence-corrected chi connectivity index (χ4v) is 3.49. The zero-order chi connectivity index (χ0) is 22.7. The van der Waals surface area contributed by atoms with Crippen molar-refractivity contribution in [2.45, 2.75) is 20.4 Å². The van der Waals surface area contributed by atoms with Gasteiger partial charge in [-0.25, -0.2) is 4.39 Å². The second-order valence-electron chi connectivity index (χ2n) is 7.50. The molecule has 6 heteroatoms. The number of nitrogens with zero attached hydrogens (tertiary/aromatic N) is 1. The topological polar surface area (TPSA) is 60.5 Å².